The average Bonchev–Trinajstić information content (AvgIpc) is 2.49. The van der Waals surface area contributed by atoms with Gasteiger partial charge in [-0.2, -0.15) is 0 Å². The van der Waals surface area contributed by atoms with Crippen molar-refractivity contribution < 1.29 is 14.3 Å². The number of hydrogen-bond donors (Lipinski definition) is 0. The molecule has 2 rings (SSSR count). The second-order valence-electron chi connectivity index (χ2n) is 4.85. The molecule has 0 atom stereocenters. The third kappa shape index (κ3) is 3.27. The van der Waals surface area contributed by atoms with Crippen molar-refractivity contribution in [1.29, 1.82) is 0 Å². The van der Waals surface area contributed by atoms with E-state index < -0.39 is 0 Å². The first-order valence-electron chi connectivity index (χ1n) is 6.50. The maximum atomic E-state index is 12.7. The van der Waals surface area contributed by atoms with Crippen molar-refractivity contribution in [3.05, 3.63) is 57.1 Å². The van der Waals surface area contributed by atoms with Crippen LogP contribution in [0.2, 0.25) is 0 Å². The van der Waals surface area contributed by atoms with Gasteiger partial charge in [0.25, 0.3) is 0 Å². The van der Waals surface area contributed by atoms with Crippen LogP contribution < -0.4 is 9.47 Å². The highest BCUT2D eigenvalue weighted by molar-refractivity contribution is 9.10. The third-order valence-corrected chi connectivity index (χ3v) is 4.22. The third-order valence-electron chi connectivity index (χ3n) is 3.36. The monoisotopic (exact) mass is 348 g/mol. The average molecular weight is 349 g/mol. The molecule has 4 heteroatoms. The second kappa shape index (κ2) is 6.31. The van der Waals surface area contributed by atoms with Crippen molar-refractivity contribution in [2.45, 2.75) is 13.8 Å². The number of carbonyl (C=O) groups excluding carboxylic acids is 1. The molecule has 0 radical (unpaired) electrons. The first-order chi connectivity index (χ1) is 9.96. The fourth-order valence-corrected chi connectivity index (χ4v) is 2.58. The molecule has 2 aromatic carbocycles. The number of carbonyl (C=O) groups is 1. The van der Waals surface area contributed by atoms with E-state index in [0.717, 1.165) is 15.6 Å². The Morgan fingerprint density at radius 1 is 0.905 bits per heavy atom. The predicted octanol–water partition coefficient (Wildman–Crippen LogP) is 4.31. The van der Waals surface area contributed by atoms with Crippen molar-refractivity contribution in [3.8, 4) is 11.5 Å². The van der Waals surface area contributed by atoms with E-state index in [0.29, 0.717) is 22.6 Å². The lowest BCUT2D eigenvalue weighted by Gasteiger charge is -2.11. The molecule has 2 aromatic rings. The zero-order valence-corrected chi connectivity index (χ0v) is 14.1. The predicted molar refractivity (Wildman–Crippen MR) is 86.6 cm³/mol. The summed E-state index contributed by atoms with van der Waals surface area (Å²) in [6.07, 6.45) is 0. The first kappa shape index (κ1) is 15.6. The Kier molecular flexibility index (Phi) is 4.68. The minimum atomic E-state index is -0.0414. The van der Waals surface area contributed by atoms with Crippen LogP contribution in [0.5, 0.6) is 11.5 Å². The van der Waals surface area contributed by atoms with E-state index in [9.17, 15) is 4.79 Å². The maximum absolute atomic E-state index is 12.7. The van der Waals surface area contributed by atoms with E-state index in [4.69, 9.17) is 9.47 Å². The summed E-state index contributed by atoms with van der Waals surface area (Å²) in [7, 11) is 3.14. The van der Waals surface area contributed by atoms with Crippen LogP contribution in [-0.2, 0) is 0 Å². The smallest absolute Gasteiger partial charge is 0.193 e. The van der Waals surface area contributed by atoms with Crippen LogP contribution in [0.4, 0.5) is 0 Å². The van der Waals surface area contributed by atoms with Crippen molar-refractivity contribution >= 4 is 21.7 Å². The molecule has 0 aliphatic rings. The number of ether oxygens (including phenoxy) is 2. The number of aryl methyl sites for hydroxylation is 2. The summed E-state index contributed by atoms with van der Waals surface area (Å²) >= 11 is 3.48. The van der Waals surface area contributed by atoms with Crippen molar-refractivity contribution in [1.82, 2.24) is 0 Å². The van der Waals surface area contributed by atoms with Gasteiger partial charge in [0.1, 0.15) is 11.5 Å². The number of ketones is 1. The number of halogens is 1. The Labute approximate surface area is 133 Å². The number of hydrogen-bond acceptors (Lipinski definition) is 3. The maximum Gasteiger partial charge on any atom is 0.193 e. The van der Waals surface area contributed by atoms with Gasteiger partial charge < -0.3 is 9.47 Å². The molecule has 0 unspecified atom stereocenters. The molecule has 0 bridgehead atoms. The normalized spacial score (nSPS) is 10.3. The Balaban J connectivity index is 2.52. The lowest BCUT2D eigenvalue weighted by atomic mass is 9.97. The molecule has 0 N–H and O–H groups in total. The molecule has 0 aliphatic carbocycles. The summed E-state index contributed by atoms with van der Waals surface area (Å²) in [6, 6.07) is 9.05. The summed E-state index contributed by atoms with van der Waals surface area (Å²) in [6.45, 7) is 3.89. The molecule has 0 fully saturated rings. The SMILES string of the molecule is COc1cc(OC)cc(C(=O)c2cc(C)c(Br)cc2C)c1. The Morgan fingerprint density at radius 2 is 1.48 bits per heavy atom. The van der Waals surface area contributed by atoms with Crippen LogP contribution >= 0.6 is 15.9 Å². The number of benzene rings is 2. The molecule has 0 saturated heterocycles. The van der Waals surface area contributed by atoms with Crippen LogP contribution in [0.15, 0.2) is 34.8 Å². The fourth-order valence-electron chi connectivity index (χ4n) is 2.12. The van der Waals surface area contributed by atoms with Crippen molar-refractivity contribution in [2.75, 3.05) is 14.2 Å². The lowest BCUT2D eigenvalue weighted by molar-refractivity contribution is 0.103. The molecular weight excluding hydrogens is 332 g/mol. The molecule has 0 saturated carbocycles. The molecule has 21 heavy (non-hydrogen) atoms. The molecule has 3 nitrogen and oxygen atoms in total. The van der Waals surface area contributed by atoms with Crippen LogP contribution in [0.25, 0.3) is 0 Å². The summed E-state index contributed by atoms with van der Waals surface area (Å²) < 4.78 is 11.4. The standard InChI is InChI=1S/C17H17BrO3/c1-10-6-16(18)11(2)5-15(10)17(19)12-7-13(20-3)9-14(8-12)21-4/h5-9H,1-4H3. The summed E-state index contributed by atoms with van der Waals surface area (Å²) in [5, 5.41) is 0. The van der Waals surface area contributed by atoms with Gasteiger partial charge in [-0.3, -0.25) is 4.79 Å². The van der Waals surface area contributed by atoms with E-state index in [1.54, 1.807) is 32.4 Å². The largest absolute Gasteiger partial charge is 0.497 e. The zero-order valence-electron chi connectivity index (χ0n) is 12.5. The van der Waals surface area contributed by atoms with Gasteiger partial charge in [0, 0.05) is 21.7 Å². The summed E-state index contributed by atoms with van der Waals surface area (Å²) in [5.41, 5.74) is 3.19. The fraction of sp³-hybridized carbons (Fsp3) is 0.235. The van der Waals surface area contributed by atoms with E-state index in [1.807, 2.05) is 26.0 Å². The lowest BCUT2D eigenvalue weighted by Crippen LogP contribution is -2.05. The first-order valence-corrected chi connectivity index (χ1v) is 7.30. The molecule has 0 aromatic heterocycles. The molecule has 110 valence electrons. The molecule has 0 spiro atoms. The zero-order chi connectivity index (χ0) is 15.6. The van der Waals surface area contributed by atoms with Crippen LogP contribution in [0.3, 0.4) is 0 Å². The van der Waals surface area contributed by atoms with Gasteiger partial charge in [0.2, 0.25) is 0 Å². The summed E-state index contributed by atoms with van der Waals surface area (Å²) in [4.78, 5) is 12.7. The van der Waals surface area contributed by atoms with Gasteiger partial charge in [-0.1, -0.05) is 15.9 Å². The van der Waals surface area contributed by atoms with Crippen LogP contribution in [0, 0.1) is 13.8 Å². The minimum Gasteiger partial charge on any atom is -0.497 e. The highest BCUT2D eigenvalue weighted by Crippen LogP contribution is 2.27. The van der Waals surface area contributed by atoms with E-state index >= 15 is 0 Å². The van der Waals surface area contributed by atoms with E-state index in [1.165, 1.54) is 0 Å². The van der Waals surface area contributed by atoms with Crippen molar-refractivity contribution in [2.24, 2.45) is 0 Å². The Bertz CT molecular complexity index is 670. The molecular formula is C17H17BrO3. The van der Waals surface area contributed by atoms with Crippen molar-refractivity contribution in [3.63, 3.8) is 0 Å². The molecule has 0 heterocycles. The summed E-state index contributed by atoms with van der Waals surface area (Å²) in [5.74, 6) is 1.16. The molecule has 0 amide bonds. The number of methoxy groups -OCH3 is 2. The van der Waals surface area contributed by atoms with Gasteiger partial charge in [-0.15, -0.1) is 0 Å². The van der Waals surface area contributed by atoms with Gasteiger partial charge in [0.15, 0.2) is 5.78 Å². The quantitative estimate of drug-likeness (QED) is 0.772. The van der Waals surface area contributed by atoms with Crippen LogP contribution in [-0.4, -0.2) is 20.0 Å². The van der Waals surface area contributed by atoms with Gasteiger partial charge in [-0.25, -0.2) is 0 Å². The topological polar surface area (TPSA) is 35.5 Å². The molecule has 0 aliphatic heterocycles. The number of rotatable bonds is 4. The van der Waals surface area contributed by atoms with Gasteiger partial charge in [0.05, 0.1) is 14.2 Å². The highest BCUT2D eigenvalue weighted by Gasteiger charge is 2.15. The Morgan fingerprint density at radius 3 is 2.00 bits per heavy atom. The van der Waals surface area contributed by atoms with Gasteiger partial charge in [-0.05, 0) is 49.2 Å². The van der Waals surface area contributed by atoms with E-state index in [-0.39, 0.29) is 5.78 Å². The van der Waals surface area contributed by atoms with Gasteiger partial charge >= 0.3 is 0 Å². The second-order valence-corrected chi connectivity index (χ2v) is 5.70. The van der Waals surface area contributed by atoms with Crippen LogP contribution in [0.1, 0.15) is 27.0 Å². The minimum absolute atomic E-state index is 0.0414. The Hall–Kier alpha value is -1.81. The highest BCUT2D eigenvalue weighted by atomic mass is 79.9. The van der Waals surface area contributed by atoms with E-state index in [2.05, 4.69) is 15.9 Å².